The Morgan fingerprint density at radius 3 is 3.00 bits per heavy atom. The van der Waals surface area contributed by atoms with E-state index in [2.05, 4.69) is 20.2 Å². The highest BCUT2D eigenvalue weighted by molar-refractivity contribution is 5.92. The van der Waals surface area contributed by atoms with E-state index in [1.165, 1.54) is 9.58 Å². The monoisotopic (exact) mass is 356 g/mol. The molecule has 1 saturated heterocycles. The fourth-order valence-electron chi connectivity index (χ4n) is 3.07. The summed E-state index contributed by atoms with van der Waals surface area (Å²) in [6, 6.07) is 5.12. The predicted molar refractivity (Wildman–Crippen MR) is 88.7 cm³/mol. The minimum absolute atomic E-state index is 0.116. The molecule has 4 rings (SSSR count). The normalized spacial score (nSPS) is 20.3. The number of carbonyl (C=O) groups is 1. The Kier molecular flexibility index (Phi) is 3.98. The summed E-state index contributed by atoms with van der Waals surface area (Å²) in [5.74, 6) is -0.146. The lowest BCUT2D eigenvalue weighted by Crippen LogP contribution is -2.46. The van der Waals surface area contributed by atoms with E-state index in [0.717, 1.165) is 0 Å². The van der Waals surface area contributed by atoms with Gasteiger partial charge in [-0.05, 0) is 31.0 Å². The van der Waals surface area contributed by atoms with Crippen molar-refractivity contribution in [3.8, 4) is 11.4 Å². The van der Waals surface area contributed by atoms with Crippen LogP contribution in [-0.2, 0) is 12.7 Å². The lowest BCUT2D eigenvalue weighted by atomic mass is 9.94. The van der Waals surface area contributed by atoms with E-state index in [0.29, 0.717) is 24.2 Å². The van der Waals surface area contributed by atoms with Gasteiger partial charge in [-0.2, -0.15) is 10.1 Å². The molecule has 26 heavy (non-hydrogen) atoms. The molecule has 0 spiro atoms. The Bertz CT molecular complexity index is 924. The van der Waals surface area contributed by atoms with Crippen LogP contribution in [0, 0.1) is 0 Å². The Morgan fingerprint density at radius 2 is 2.27 bits per heavy atom. The van der Waals surface area contributed by atoms with Crippen LogP contribution in [0.5, 0.6) is 0 Å². The van der Waals surface area contributed by atoms with Gasteiger partial charge in [0.15, 0.2) is 0 Å². The smallest absolute Gasteiger partial charge is 0.274 e. The molecule has 0 aromatic carbocycles. The van der Waals surface area contributed by atoms with Crippen molar-refractivity contribution in [1.29, 1.82) is 0 Å². The fourth-order valence-corrected chi connectivity index (χ4v) is 3.07. The lowest BCUT2D eigenvalue weighted by molar-refractivity contribution is 0.0149. The van der Waals surface area contributed by atoms with Crippen LogP contribution in [0.1, 0.15) is 29.2 Å². The molecule has 9 heteroatoms. The van der Waals surface area contributed by atoms with Crippen LogP contribution in [0.25, 0.3) is 11.4 Å². The molecule has 8 nitrogen and oxygen atoms in total. The van der Waals surface area contributed by atoms with Gasteiger partial charge in [0.05, 0.1) is 6.54 Å². The molecule has 0 saturated carbocycles. The zero-order valence-corrected chi connectivity index (χ0v) is 14.2. The second kappa shape index (κ2) is 6.32. The van der Waals surface area contributed by atoms with Gasteiger partial charge in [0.2, 0.25) is 11.5 Å². The lowest BCUT2D eigenvalue weighted by Gasteiger charge is -2.34. The highest BCUT2D eigenvalue weighted by Gasteiger charge is 2.44. The van der Waals surface area contributed by atoms with Crippen molar-refractivity contribution in [2.24, 2.45) is 7.05 Å². The topological polar surface area (TPSA) is 89.9 Å². The van der Waals surface area contributed by atoms with Crippen LogP contribution in [-0.4, -0.2) is 48.8 Å². The Hall–Kier alpha value is -3.10. The molecule has 0 bridgehead atoms. The summed E-state index contributed by atoms with van der Waals surface area (Å²) in [5, 5.41) is 7.95. The van der Waals surface area contributed by atoms with E-state index in [-0.39, 0.29) is 30.6 Å². The SMILES string of the molecule is Cn1ccc(C(=O)N2CCCC(F)(c3nc(-c4cccnc4)no3)C2)n1. The van der Waals surface area contributed by atoms with Crippen LogP contribution in [0.3, 0.4) is 0 Å². The van der Waals surface area contributed by atoms with Gasteiger partial charge in [-0.15, -0.1) is 0 Å². The maximum Gasteiger partial charge on any atom is 0.274 e. The summed E-state index contributed by atoms with van der Waals surface area (Å²) in [6.07, 6.45) is 5.60. The zero-order valence-electron chi connectivity index (χ0n) is 14.2. The number of piperidine rings is 1. The first-order valence-corrected chi connectivity index (χ1v) is 8.28. The van der Waals surface area contributed by atoms with Crippen molar-refractivity contribution in [2.75, 3.05) is 13.1 Å². The summed E-state index contributed by atoms with van der Waals surface area (Å²) in [5.41, 5.74) is -0.947. The van der Waals surface area contributed by atoms with Crippen LogP contribution >= 0.6 is 0 Å². The predicted octanol–water partition coefficient (Wildman–Crippen LogP) is 1.97. The second-order valence-corrected chi connectivity index (χ2v) is 6.34. The highest BCUT2D eigenvalue weighted by atomic mass is 19.1. The number of halogens is 1. The summed E-state index contributed by atoms with van der Waals surface area (Å²) in [6.45, 7) is 0.321. The molecule has 0 radical (unpaired) electrons. The summed E-state index contributed by atoms with van der Waals surface area (Å²) in [7, 11) is 1.73. The van der Waals surface area contributed by atoms with Gasteiger partial charge in [0, 0.05) is 37.7 Å². The van der Waals surface area contributed by atoms with Crippen molar-refractivity contribution in [2.45, 2.75) is 18.5 Å². The number of amides is 1. The van der Waals surface area contributed by atoms with E-state index in [1.807, 2.05) is 0 Å². The van der Waals surface area contributed by atoms with Gasteiger partial charge >= 0.3 is 0 Å². The minimum atomic E-state index is -1.88. The molecule has 4 heterocycles. The molecule has 0 aliphatic carbocycles. The van der Waals surface area contributed by atoms with Crippen LogP contribution in [0.4, 0.5) is 4.39 Å². The largest absolute Gasteiger partial charge is 0.335 e. The molecule has 1 atom stereocenters. The molecule has 1 unspecified atom stereocenters. The third-order valence-electron chi connectivity index (χ3n) is 4.39. The molecule has 1 aliphatic rings. The standard InChI is InChI=1S/C17H17FN6O2/c1-23-9-5-13(21-23)15(25)24-8-3-6-17(18,11-24)16-20-14(22-26-16)12-4-2-7-19-10-12/h2,4-5,7,9-10H,3,6,8,11H2,1H3. The number of likely N-dealkylation sites (tertiary alicyclic amines) is 1. The molecule has 3 aromatic rings. The van der Waals surface area contributed by atoms with E-state index in [9.17, 15) is 4.79 Å². The van der Waals surface area contributed by atoms with Crippen LogP contribution < -0.4 is 0 Å². The van der Waals surface area contributed by atoms with Crippen molar-refractivity contribution in [3.63, 3.8) is 0 Å². The molecule has 1 amide bonds. The number of rotatable bonds is 3. The quantitative estimate of drug-likeness (QED) is 0.713. The van der Waals surface area contributed by atoms with Gasteiger partial charge in [-0.25, -0.2) is 4.39 Å². The van der Waals surface area contributed by atoms with Gasteiger partial charge < -0.3 is 9.42 Å². The van der Waals surface area contributed by atoms with Gasteiger partial charge in [-0.1, -0.05) is 5.16 Å². The summed E-state index contributed by atoms with van der Waals surface area (Å²) >= 11 is 0. The first kappa shape index (κ1) is 16.4. The molecular formula is C17H17FN6O2. The molecular weight excluding hydrogens is 339 g/mol. The van der Waals surface area contributed by atoms with Crippen molar-refractivity contribution < 1.29 is 13.7 Å². The van der Waals surface area contributed by atoms with E-state index < -0.39 is 5.67 Å². The first-order chi connectivity index (χ1) is 12.5. The number of hydrogen-bond donors (Lipinski definition) is 0. The number of aromatic nitrogens is 5. The van der Waals surface area contributed by atoms with E-state index >= 15 is 4.39 Å². The van der Waals surface area contributed by atoms with Crippen LogP contribution in [0.2, 0.25) is 0 Å². The van der Waals surface area contributed by atoms with E-state index in [4.69, 9.17) is 4.52 Å². The average Bonchev–Trinajstić information content (AvgIpc) is 3.32. The highest BCUT2D eigenvalue weighted by Crippen LogP contribution is 2.35. The van der Waals surface area contributed by atoms with Crippen molar-refractivity contribution in [3.05, 3.63) is 48.4 Å². The maximum absolute atomic E-state index is 15.5. The molecule has 134 valence electrons. The molecule has 1 aliphatic heterocycles. The minimum Gasteiger partial charge on any atom is -0.335 e. The third-order valence-corrected chi connectivity index (χ3v) is 4.39. The number of alkyl halides is 1. The number of pyridine rings is 1. The van der Waals surface area contributed by atoms with Gasteiger partial charge in [-0.3, -0.25) is 14.5 Å². The Balaban J connectivity index is 1.56. The summed E-state index contributed by atoms with van der Waals surface area (Å²) < 4.78 is 22.3. The number of aryl methyl sites for hydroxylation is 1. The molecule has 1 fully saturated rings. The molecule has 3 aromatic heterocycles. The maximum atomic E-state index is 15.5. The Morgan fingerprint density at radius 1 is 1.38 bits per heavy atom. The average molecular weight is 356 g/mol. The fraction of sp³-hybridized carbons (Fsp3) is 0.353. The zero-order chi connectivity index (χ0) is 18.1. The van der Waals surface area contributed by atoms with Gasteiger partial charge in [0.1, 0.15) is 5.69 Å². The van der Waals surface area contributed by atoms with Gasteiger partial charge in [0.25, 0.3) is 11.8 Å². The van der Waals surface area contributed by atoms with Crippen LogP contribution in [0.15, 0.2) is 41.3 Å². The van der Waals surface area contributed by atoms with E-state index in [1.54, 1.807) is 43.8 Å². The number of nitrogens with zero attached hydrogens (tertiary/aromatic N) is 6. The number of hydrogen-bond acceptors (Lipinski definition) is 6. The second-order valence-electron chi connectivity index (χ2n) is 6.34. The third kappa shape index (κ3) is 2.96. The first-order valence-electron chi connectivity index (χ1n) is 8.28. The van der Waals surface area contributed by atoms with Crippen molar-refractivity contribution in [1.82, 2.24) is 29.8 Å². The Labute approximate surface area is 148 Å². The molecule has 0 N–H and O–H groups in total. The number of carbonyl (C=O) groups excluding carboxylic acids is 1. The summed E-state index contributed by atoms with van der Waals surface area (Å²) in [4.78, 5) is 22.2. The van der Waals surface area contributed by atoms with Crippen molar-refractivity contribution >= 4 is 5.91 Å².